The Morgan fingerprint density at radius 3 is 2.39 bits per heavy atom. The van der Waals surface area contributed by atoms with E-state index in [1.165, 1.54) is 25.8 Å². The molecule has 2 N–H and O–H groups in total. The van der Waals surface area contributed by atoms with Gasteiger partial charge < -0.3 is 14.2 Å². The van der Waals surface area contributed by atoms with Crippen LogP contribution in [0, 0.1) is 4.77 Å². The highest BCUT2D eigenvalue weighted by atomic mass is 32.1. The number of rotatable bonds is 7. The Labute approximate surface area is 193 Å². The number of nitrogens with zero attached hydrogens (tertiary/aromatic N) is 4. The number of ether oxygens (including phenoxy) is 3. The average molecular weight is 465 g/mol. The van der Waals surface area contributed by atoms with Crippen LogP contribution >= 0.6 is 12.2 Å². The van der Waals surface area contributed by atoms with Gasteiger partial charge in [0.2, 0.25) is 16.3 Å². The molecule has 0 unspecified atom stereocenters. The van der Waals surface area contributed by atoms with Crippen LogP contribution in [0.2, 0.25) is 0 Å². The highest BCUT2D eigenvalue weighted by Gasteiger charge is 2.16. The Kier molecular flexibility index (Phi) is 6.31. The lowest BCUT2D eigenvalue weighted by atomic mass is 10.1. The molecule has 2 aromatic carbocycles. The molecule has 0 fully saturated rings. The van der Waals surface area contributed by atoms with Crippen molar-refractivity contribution in [3.63, 3.8) is 0 Å². The summed E-state index contributed by atoms with van der Waals surface area (Å²) in [7, 11) is 2.94. The van der Waals surface area contributed by atoms with Gasteiger partial charge in [-0.2, -0.15) is 20.0 Å². The molecule has 0 spiro atoms. The molecule has 168 valence electrons. The number of hydrogen-bond acceptors (Lipinski definition) is 8. The molecule has 11 heteroatoms. The van der Waals surface area contributed by atoms with Crippen LogP contribution in [0.4, 0.5) is 0 Å². The second kappa shape index (κ2) is 9.49. The Balaban J connectivity index is 1.68. The molecule has 0 aliphatic carbocycles. The first-order valence-electron chi connectivity index (χ1n) is 9.77. The number of hydrogen-bond donors (Lipinski definition) is 2. The first kappa shape index (κ1) is 22.0. The van der Waals surface area contributed by atoms with Crippen LogP contribution in [0.1, 0.15) is 12.5 Å². The largest absolute Gasteiger partial charge is 0.493 e. The molecular formula is C22H20N6O4S. The smallest absolute Gasteiger partial charge is 0.308 e. The molecular weight excluding hydrogens is 444 g/mol. The molecule has 33 heavy (non-hydrogen) atoms. The second-order valence-corrected chi connectivity index (χ2v) is 7.18. The predicted octanol–water partition coefficient (Wildman–Crippen LogP) is 3.82. The Hall–Kier alpha value is -4.25. The third kappa shape index (κ3) is 4.67. The minimum Gasteiger partial charge on any atom is -0.493 e. The molecule has 0 atom stereocenters. The maximum atomic E-state index is 11.4. The normalized spacial score (nSPS) is 11.0. The number of aromatic amines is 2. The number of carbonyl (C=O) groups is 1. The number of benzene rings is 2. The topological polar surface area (TPSA) is 119 Å². The van der Waals surface area contributed by atoms with Crippen LogP contribution in [0.3, 0.4) is 0 Å². The van der Waals surface area contributed by atoms with Gasteiger partial charge in [0.25, 0.3) is 0 Å². The van der Waals surface area contributed by atoms with Gasteiger partial charge in [-0.1, -0.05) is 30.3 Å². The van der Waals surface area contributed by atoms with Gasteiger partial charge in [-0.15, -0.1) is 0 Å². The first-order chi connectivity index (χ1) is 16.0. The van der Waals surface area contributed by atoms with Crippen molar-refractivity contribution in [2.45, 2.75) is 6.92 Å². The van der Waals surface area contributed by atoms with Crippen molar-refractivity contribution in [2.24, 2.45) is 5.10 Å². The highest BCUT2D eigenvalue weighted by molar-refractivity contribution is 7.71. The first-order valence-corrected chi connectivity index (χ1v) is 10.2. The van der Waals surface area contributed by atoms with Gasteiger partial charge >= 0.3 is 5.97 Å². The van der Waals surface area contributed by atoms with Gasteiger partial charge in [0.05, 0.1) is 26.1 Å². The number of carbonyl (C=O) groups excluding carboxylic acids is 1. The number of nitrogens with one attached hydrogen (secondary N) is 2. The van der Waals surface area contributed by atoms with Crippen LogP contribution in [-0.2, 0) is 4.79 Å². The lowest BCUT2D eigenvalue weighted by Crippen LogP contribution is -2.05. The van der Waals surface area contributed by atoms with Gasteiger partial charge in [0, 0.05) is 18.1 Å². The van der Waals surface area contributed by atoms with E-state index < -0.39 is 5.97 Å². The summed E-state index contributed by atoms with van der Waals surface area (Å²) in [4.78, 5) is 11.4. The minimum absolute atomic E-state index is 0.191. The van der Waals surface area contributed by atoms with Crippen molar-refractivity contribution in [1.82, 2.24) is 25.1 Å². The summed E-state index contributed by atoms with van der Waals surface area (Å²) in [6, 6.07) is 15.0. The lowest BCUT2D eigenvalue weighted by molar-refractivity contribution is -0.132. The van der Waals surface area contributed by atoms with E-state index in [1.54, 1.807) is 18.3 Å². The fourth-order valence-corrected chi connectivity index (χ4v) is 3.29. The zero-order chi connectivity index (χ0) is 23.4. The third-order valence-corrected chi connectivity index (χ3v) is 4.85. The number of methoxy groups -OCH3 is 2. The minimum atomic E-state index is -0.489. The van der Waals surface area contributed by atoms with E-state index in [0.717, 1.165) is 11.3 Å². The summed E-state index contributed by atoms with van der Waals surface area (Å²) < 4.78 is 17.7. The molecule has 0 saturated carbocycles. The maximum Gasteiger partial charge on any atom is 0.308 e. The quantitative estimate of drug-likeness (QED) is 0.185. The van der Waals surface area contributed by atoms with Crippen molar-refractivity contribution in [2.75, 3.05) is 14.2 Å². The Morgan fingerprint density at radius 2 is 1.76 bits per heavy atom. The fraction of sp³-hybridized carbons (Fsp3) is 0.136. The molecule has 2 heterocycles. The van der Waals surface area contributed by atoms with E-state index in [2.05, 4.69) is 25.5 Å². The Bertz CT molecular complexity index is 1350. The van der Waals surface area contributed by atoms with E-state index in [0.29, 0.717) is 33.4 Å². The second-order valence-electron chi connectivity index (χ2n) is 6.79. The van der Waals surface area contributed by atoms with Crippen LogP contribution in [-0.4, -0.2) is 51.5 Å². The van der Waals surface area contributed by atoms with Crippen molar-refractivity contribution in [3.8, 4) is 40.0 Å². The van der Waals surface area contributed by atoms with Crippen molar-refractivity contribution in [3.05, 3.63) is 58.9 Å². The maximum absolute atomic E-state index is 11.4. The van der Waals surface area contributed by atoms with Crippen molar-refractivity contribution < 1.29 is 19.0 Å². The summed E-state index contributed by atoms with van der Waals surface area (Å²) in [5.41, 5.74) is 3.00. The van der Waals surface area contributed by atoms with E-state index >= 15 is 0 Å². The molecule has 2 aromatic heterocycles. The van der Waals surface area contributed by atoms with Crippen LogP contribution in [0.15, 0.2) is 53.6 Å². The zero-order valence-electron chi connectivity index (χ0n) is 18.0. The molecule has 4 aromatic rings. The fourth-order valence-electron chi connectivity index (χ4n) is 3.11. The molecule has 0 radical (unpaired) electrons. The van der Waals surface area contributed by atoms with Crippen LogP contribution < -0.4 is 14.2 Å². The van der Waals surface area contributed by atoms with E-state index in [-0.39, 0.29) is 5.75 Å². The molecule has 0 saturated heterocycles. The van der Waals surface area contributed by atoms with E-state index in [9.17, 15) is 4.79 Å². The lowest BCUT2D eigenvalue weighted by Gasteiger charge is -2.13. The molecule has 4 rings (SSSR count). The molecule has 0 aliphatic heterocycles. The monoisotopic (exact) mass is 464 g/mol. The van der Waals surface area contributed by atoms with Gasteiger partial charge in [0.15, 0.2) is 11.5 Å². The predicted molar refractivity (Wildman–Crippen MR) is 124 cm³/mol. The number of H-pyrrole nitrogens is 2. The van der Waals surface area contributed by atoms with E-state index in [4.69, 9.17) is 26.4 Å². The molecule has 0 amide bonds. The molecule has 0 aliphatic rings. The summed E-state index contributed by atoms with van der Waals surface area (Å²) in [5.74, 6) is 0.806. The summed E-state index contributed by atoms with van der Waals surface area (Å²) in [6.07, 6.45) is 1.56. The zero-order valence-corrected chi connectivity index (χ0v) is 18.8. The van der Waals surface area contributed by atoms with Gasteiger partial charge in [-0.05, 0) is 30.4 Å². The van der Waals surface area contributed by atoms with E-state index in [1.807, 2.05) is 36.4 Å². The molecule has 0 bridgehead atoms. The number of esters is 1. The summed E-state index contributed by atoms with van der Waals surface area (Å²) in [6.45, 7) is 1.30. The van der Waals surface area contributed by atoms with Crippen LogP contribution in [0.25, 0.3) is 22.8 Å². The standard InChI is InChI=1S/C22H20N6O4S/c1-13(29)32-20-18(30-2)9-14(10-19(20)31-3)12-23-28-21(26-27-22(28)33)17-11-16(24-25-17)15-7-5-4-6-8-15/h4-12H,1-3H3,(H,24,25)(H,27,33)/b23-12-. The third-order valence-electron chi connectivity index (χ3n) is 4.59. The van der Waals surface area contributed by atoms with Gasteiger partial charge in [-0.25, -0.2) is 5.10 Å². The van der Waals surface area contributed by atoms with Crippen molar-refractivity contribution in [1.29, 1.82) is 0 Å². The SMILES string of the molecule is COc1cc(/C=N\n2c(-c3cc(-c4ccccc4)n[nH]3)n[nH]c2=S)cc(OC)c1OC(C)=O. The summed E-state index contributed by atoms with van der Waals surface area (Å²) in [5, 5.41) is 18.8. The molecule has 10 nitrogen and oxygen atoms in total. The highest BCUT2D eigenvalue weighted by Crippen LogP contribution is 2.38. The Morgan fingerprint density at radius 1 is 1.06 bits per heavy atom. The summed E-state index contributed by atoms with van der Waals surface area (Å²) >= 11 is 5.34. The van der Waals surface area contributed by atoms with Crippen LogP contribution in [0.5, 0.6) is 17.2 Å². The number of aromatic nitrogens is 5. The average Bonchev–Trinajstić information content (AvgIpc) is 3.45. The van der Waals surface area contributed by atoms with Gasteiger partial charge in [0.1, 0.15) is 5.69 Å². The van der Waals surface area contributed by atoms with Gasteiger partial charge in [-0.3, -0.25) is 9.89 Å². The van der Waals surface area contributed by atoms with Crippen molar-refractivity contribution >= 4 is 24.4 Å².